The molecule has 2 amide bonds. The lowest BCUT2D eigenvalue weighted by molar-refractivity contribution is 0.0760. The van der Waals surface area contributed by atoms with Gasteiger partial charge in [0.15, 0.2) is 0 Å². The maximum atomic E-state index is 12.9. The number of hydrogen-bond acceptors (Lipinski definition) is 4. The Balaban J connectivity index is 1.38. The van der Waals surface area contributed by atoms with Gasteiger partial charge < -0.3 is 19.3 Å². The average molecular weight is 366 g/mol. The monoisotopic (exact) mass is 366 g/mol. The van der Waals surface area contributed by atoms with E-state index in [-0.39, 0.29) is 12.0 Å². The molecule has 27 heavy (non-hydrogen) atoms. The Hall–Kier alpha value is -3.02. The summed E-state index contributed by atoms with van der Waals surface area (Å²) in [5.41, 5.74) is 1.77. The van der Waals surface area contributed by atoms with E-state index in [9.17, 15) is 9.59 Å². The zero-order valence-electron chi connectivity index (χ0n) is 15.1. The van der Waals surface area contributed by atoms with Crippen molar-refractivity contribution in [3.05, 3.63) is 59.7 Å². The van der Waals surface area contributed by atoms with Crippen LogP contribution in [-0.2, 0) is 6.42 Å². The summed E-state index contributed by atoms with van der Waals surface area (Å²) in [5, 5.41) is 0. The Morgan fingerprint density at radius 1 is 0.926 bits per heavy atom. The first kappa shape index (κ1) is 17.4. The minimum absolute atomic E-state index is 0.00276. The van der Waals surface area contributed by atoms with Gasteiger partial charge in [-0.3, -0.25) is 4.79 Å². The lowest BCUT2D eigenvalue weighted by Crippen LogP contribution is -2.38. The topological polar surface area (TPSA) is 59.1 Å². The largest absolute Gasteiger partial charge is 0.493 e. The number of para-hydroxylation sites is 1. The van der Waals surface area contributed by atoms with Gasteiger partial charge in [-0.05, 0) is 42.3 Å². The summed E-state index contributed by atoms with van der Waals surface area (Å²) in [5.74, 6) is 1.40. The molecule has 140 valence electrons. The summed E-state index contributed by atoms with van der Waals surface area (Å²) in [7, 11) is 0. The number of benzene rings is 2. The zero-order valence-corrected chi connectivity index (χ0v) is 15.1. The molecule has 1 fully saturated rings. The molecular weight excluding hydrogens is 344 g/mol. The van der Waals surface area contributed by atoms with Crippen molar-refractivity contribution in [3.63, 3.8) is 0 Å². The lowest BCUT2D eigenvalue weighted by Gasteiger charge is -2.22. The number of ether oxygens (including phenoxy) is 2. The van der Waals surface area contributed by atoms with Gasteiger partial charge >= 0.3 is 6.09 Å². The van der Waals surface area contributed by atoms with Crippen molar-refractivity contribution in [2.75, 3.05) is 32.8 Å². The number of rotatable bonds is 2. The Morgan fingerprint density at radius 3 is 2.56 bits per heavy atom. The van der Waals surface area contributed by atoms with Gasteiger partial charge in [0.05, 0.1) is 6.61 Å². The highest BCUT2D eigenvalue weighted by molar-refractivity contribution is 5.94. The maximum Gasteiger partial charge on any atom is 0.415 e. The standard InChI is InChI=1S/C21H22N2O4/c24-20(17-7-8-19-16(15-17)9-14-26-19)22-10-4-11-23(13-12-22)21(25)27-18-5-2-1-3-6-18/h1-3,5-8,15H,4,9-14H2. The average Bonchev–Trinajstić information content (AvgIpc) is 3.02. The van der Waals surface area contributed by atoms with Crippen molar-refractivity contribution in [1.29, 1.82) is 0 Å². The highest BCUT2D eigenvalue weighted by Gasteiger charge is 2.25. The fraction of sp³-hybridized carbons (Fsp3) is 0.333. The van der Waals surface area contributed by atoms with Crippen LogP contribution in [0.5, 0.6) is 11.5 Å². The smallest absolute Gasteiger partial charge is 0.415 e. The van der Waals surface area contributed by atoms with Crippen LogP contribution in [0.2, 0.25) is 0 Å². The number of nitrogens with zero attached hydrogens (tertiary/aromatic N) is 2. The second-order valence-electron chi connectivity index (χ2n) is 6.73. The van der Waals surface area contributed by atoms with Crippen LogP contribution in [0.3, 0.4) is 0 Å². The molecule has 0 N–H and O–H groups in total. The van der Waals surface area contributed by atoms with E-state index >= 15 is 0 Å². The molecule has 2 aromatic carbocycles. The molecule has 2 aliphatic rings. The van der Waals surface area contributed by atoms with Gasteiger partial charge in [-0.15, -0.1) is 0 Å². The molecule has 0 unspecified atom stereocenters. The molecule has 4 rings (SSSR count). The molecule has 2 aliphatic heterocycles. The molecule has 0 atom stereocenters. The lowest BCUT2D eigenvalue weighted by atomic mass is 10.1. The third kappa shape index (κ3) is 3.89. The predicted octanol–water partition coefficient (Wildman–Crippen LogP) is 2.97. The first-order valence-corrected chi connectivity index (χ1v) is 9.27. The van der Waals surface area contributed by atoms with E-state index in [1.54, 1.807) is 17.0 Å². The van der Waals surface area contributed by atoms with Crippen LogP contribution in [-0.4, -0.2) is 54.6 Å². The summed E-state index contributed by atoms with van der Waals surface area (Å²) in [6.45, 7) is 2.84. The van der Waals surface area contributed by atoms with Crippen LogP contribution in [0.15, 0.2) is 48.5 Å². The summed E-state index contributed by atoms with van der Waals surface area (Å²) < 4.78 is 10.9. The van der Waals surface area contributed by atoms with Gasteiger partial charge in [-0.2, -0.15) is 0 Å². The zero-order chi connectivity index (χ0) is 18.6. The van der Waals surface area contributed by atoms with Crippen molar-refractivity contribution in [1.82, 2.24) is 9.80 Å². The highest BCUT2D eigenvalue weighted by Crippen LogP contribution is 2.26. The normalized spacial score (nSPS) is 16.3. The van der Waals surface area contributed by atoms with Crippen molar-refractivity contribution in [2.45, 2.75) is 12.8 Å². The number of amides is 2. The summed E-state index contributed by atoms with van der Waals surface area (Å²) >= 11 is 0. The predicted molar refractivity (Wildman–Crippen MR) is 100 cm³/mol. The first-order chi connectivity index (χ1) is 13.2. The van der Waals surface area contributed by atoms with Crippen LogP contribution >= 0.6 is 0 Å². The Labute approximate surface area is 158 Å². The molecule has 2 heterocycles. The SMILES string of the molecule is O=C(Oc1ccccc1)N1CCCN(C(=O)c2ccc3c(c2)CCO3)CC1. The van der Waals surface area contributed by atoms with Crippen molar-refractivity contribution in [3.8, 4) is 11.5 Å². The third-order valence-electron chi connectivity index (χ3n) is 4.93. The third-order valence-corrected chi connectivity index (χ3v) is 4.93. The van der Waals surface area contributed by atoms with Crippen LogP contribution < -0.4 is 9.47 Å². The number of carbonyl (C=O) groups is 2. The van der Waals surface area contributed by atoms with Crippen LogP contribution in [0.4, 0.5) is 4.79 Å². The number of hydrogen-bond donors (Lipinski definition) is 0. The van der Waals surface area contributed by atoms with Gasteiger partial charge in [0.1, 0.15) is 11.5 Å². The van der Waals surface area contributed by atoms with Gasteiger partial charge in [0, 0.05) is 38.2 Å². The maximum absolute atomic E-state index is 12.9. The van der Waals surface area contributed by atoms with E-state index in [1.807, 2.05) is 41.3 Å². The number of fused-ring (bicyclic) bond motifs is 1. The summed E-state index contributed by atoms with van der Waals surface area (Å²) in [6, 6.07) is 14.6. The van der Waals surface area contributed by atoms with E-state index in [2.05, 4.69) is 0 Å². The fourth-order valence-electron chi connectivity index (χ4n) is 3.46. The summed E-state index contributed by atoms with van der Waals surface area (Å²) in [6.07, 6.45) is 1.20. The molecule has 2 aromatic rings. The van der Waals surface area contributed by atoms with Gasteiger partial charge in [-0.1, -0.05) is 18.2 Å². The van der Waals surface area contributed by atoms with Crippen molar-refractivity contribution >= 4 is 12.0 Å². The molecular formula is C21H22N2O4. The van der Waals surface area contributed by atoms with Gasteiger partial charge in [-0.25, -0.2) is 4.79 Å². The molecule has 0 radical (unpaired) electrons. The van der Waals surface area contributed by atoms with Crippen LogP contribution in [0, 0.1) is 0 Å². The van der Waals surface area contributed by atoms with Crippen molar-refractivity contribution < 1.29 is 19.1 Å². The van der Waals surface area contributed by atoms with E-state index in [1.165, 1.54) is 0 Å². The molecule has 6 heteroatoms. The Kier molecular flexibility index (Phi) is 4.96. The molecule has 0 spiro atoms. The van der Waals surface area contributed by atoms with E-state index in [0.717, 1.165) is 24.2 Å². The molecule has 6 nitrogen and oxygen atoms in total. The number of carbonyl (C=O) groups excluding carboxylic acids is 2. The fourth-order valence-corrected chi connectivity index (χ4v) is 3.46. The molecule has 0 bridgehead atoms. The van der Waals surface area contributed by atoms with Gasteiger partial charge in [0.2, 0.25) is 0 Å². The summed E-state index contributed by atoms with van der Waals surface area (Å²) in [4.78, 5) is 28.7. The van der Waals surface area contributed by atoms with Crippen LogP contribution in [0.25, 0.3) is 0 Å². The first-order valence-electron chi connectivity index (χ1n) is 9.27. The van der Waals surface area contributed by atoms with E-state index in [4.69, 9.17) is 9.47 Å². The molecule has 0 aliphatic carbocycles. The van der Waals surface area contributed by atoms with Crippen LogP contribution in [0.1, 0.15) is 22.3 Å². The van der Waals surface area contributed by atoms with E-state index in [0.29, 0.717) is 44.1 Å². The minimum Gasteiger partial charge on any atom is -0.493 e. The second-order valence-corrected chi connectivity index (χ2v) is 6.73. The molecule has 0 saturated carbocycles. The van der Waals surface area contributed by atoms with E-state index < -0.39 is 0 Å². The molecule has 0 aromatic heterocycles. The molecule has 1 saturated heterocycles. The van der Waals surface area contributed by atoms with Crippen molar-refractivity contribution in [2.24, 2.45) is 0 Å². The Morgan fingerprint density at radius 2 is 1.70 bits per heavy atom. The quantitative estimate of drug-likeness (QED) is 0.820. The Bertz CT molecular complexity index is 837. The minimum atomic E-state index is -0.370. The second kappa shape index (κ2) is 7.70. The van der Waals surface area contributed by atoms with Gasteiger partial charge in [0.25, 0.3) is 5.91 Å². The highest BCUT2D eigenvalue weighted by atomic mass is 16.6.